The molecule has 0 heterocycles. The Morgan fingerprint density at radius 3 is 1.18 bits per heavy atom. The first-order valence-corrected chi connectivity index (χ1v) is 10.1. The minimum Gasteiger partial charge on any atom is -0.396 e. The summed E-state index contributed by atoms with van der Waals surface area (Å²) in [5.74, 6) is 0. The predicted molar refractivity (Wildman–Crippen MR) is 99.2 cm³/mol. The molecule has 0 aliphatic rings. The van der Waals surface area contributed by atoms with Crippen molar-refractivity contribution in [1.29, 1.82) is 0 Å². The summed E-state index contributed by atoms with van der Waals surface area (Å²) in [7, 11) is 4.68. The first-order chi connectivity index (χ1) is 10.6. The van der Waals surface area contributed by atoms with Gasteiger partial charge in [0.25, 0.3) is 0 Å². The Balaban J connectivity index is 3.06. The SMILES string of the molecule is CC[N+](C)(C)CCCCCCCCCCCCCCCCO. The molecular formula is C20H44NO+. The molecule has 2 nitrogen and oxygen atoms in total. The van der Waals surface area contributed by atoms with Crippen LogP contribution in [0.1, 0.15) is 96.8 Å². The molecule has 2 heteroatoms. The zero-order valence-electron chi connectivity index (χ0n) is 15.9. The van der Waals surface area contributed by atoms with Gasteiger partial charge in [-0.15, -0.1) is 0 Å². The molecule has 0 aliphatic heterocycles. The highest BCUT2D eigenvalue weighted by Gasteiger charge is 2.09. The second-order valence-electron chi connectivity index (χ2n) is 7.65. The monoisotopic (exact) mass is 314 g/mol. The Morgan fingerprint density at radius 1 is 0.545 bits per heavy atom. The predicted octanol–water partition coefficient (Wildman–Crippen LogP) is 5.54. The molecule has 0 unspecified atom stereocenters. The molecule has 0 saturated heterocycles. The van der Waals surface area contributed by atoms with Crippen LogP contribution < -0.4 is 0 Å². The highest BCUT2D eigenvalue weighted by atomic mass is 16.2. The first kappa shape index (κ1) is 21.9. The van der Waals surface area contributed by atoms with Gasteiger partial charge in [-0.25, -0.2) is 0 Å². The molecular weight excluding hydrogens is 270 g/mol. The third-order valence-electron chi connectivity index (χ3n) is 5.03. The minimum atomic E-state index is 0.371. The zero-order chi connectivity index (χ0) is 16.5. The first-order valence-electron chi connectivity index (χ1n) is 10.1. The number of hydrogen-bond donors (Lipinski definition) is 1. The average molecular weight is 315 g/mol. The topological polar surface area (TPSA) is 20.2 Å². The van der Waals surface area contributed by atoms with E-state index >= 15 is 0 Å². The van der Waals surface area contributed by atoms with Gasteiger partial charge in [0.2, 0.25) is 0 Å². The van der Waals surface area contributed by atoms with Gasteiger partial charge in [-0.1, -0.05) is 70.6 Å². The van der Waals surface area contributed by atoms with E-state index in [1.54, 1.807) is 0 Å². The van der Waals surface area contributed by atoms with Crippen LogP contribution in [-0.4, -0.2) is 43.4 Å². The number of aliphatic hydroxyl groups excluding tert-OH is 1. The Kier molecular flexibility index (Phi) is 15.7. The van der Waals surface area contributed by atoms with Gasteiger partial charge in [-0.2, -0.15) is 0 Å². The van der Waals surface area contributed by atoms with Gasteiger partial charge in [0, 0.05) is 6.61 Å². The molecule has 0 bridgehead atoms. The maximum atomic E-state index is 8.70. The molecule has 0 aromatic carbocycles. The third-order valence-corrected chi connectivity index (χ3v) is 5.03. The van der Waals surface area contributed by atoms with Gasteiger partial charge in [0.1, 0.15) is 0 Å². The van der Waals surface area contributed by atoms with Crippen LogP contribution in [0.4, 0.5) is 0 Å². The fourth-order valence-electron chi connectivity index (χ4n) is 2.93. The van der Waals surface area contributed by atoms with E-state index in [9.17, 15) is 0 Å². The Hall–Kier alpha value is -0.0800. The van der Waals surface area contributed by atoms with Crippen molar-refractivity contribution in [2.24, 2.45) is 0 Å². The van der Waals surface area contributed by atoms with Crippen molar-refractivity contribution in [3.8, 4) is 0 Å². The largest absolute Gasteiger partial charge is 0.396 e. The van der Waals surface area contributed by atoms with Crippen molar-refractivity contribution in [3.05, 3.63) is 0 Å². The lowest BCUT2D eigenvalue weighted by atomic mass is 10.0. The van der Waals surface area contributed by atoms with Gasteiger partial charge in [-0.05, 0) is 26.2 Å². The molecule has 0 aliphatic carbocycles. The summed E-state index contributed by atoms with van der Waals surface area (Å²) >= 11 is 0. The number of unbranched alkanes of at least 4 members (excludes halogenated alkanes) is 13. The molecule has 0 radical (unpaired) electrons. The summed E-state index contributed by atoms with van der Waals surface area (Å²) in [6.45, 7) is 5.25. The fourth-order valence-corrected chi connectivity index (χ4v) is 2.93. The van der Waals surface area contributed by atoms with Crippen LogP contribution in [0.3, 0.4) is 0 Å². The van der Waals surface area contributed by atoms with Gasteiger partial charge < -0.3 is 9.59 Å². The van der Waals surface area contributed by atoms with Crippen molar-refractivity contribution >= 4 is 0 Å². The number of quaternary nitrogens is 1. The lowest BCUT2D eigenvalue weighted by Crippen LogP contribution is -2.39. The van der Waals surface area contributed by atoms with Gasteiger partial charge in [0.05, 0.1) is 27.2 Å². The van der Waals surface area contributed by atoms with Crippen molar-refractivity contribution in [1.82, 2.24) is 0 Å². The van der Waals surface area contributed by atoms with E-state index in [1.807, 2.05) is 0 Å². The van der Waals surface area contributed by atoms with Crippen LogP contribution in [0.15, 0.2) is 0 Å². The minimum absolute atomic E-state index is 0.371. The molecule has 0 fully saturated rings. The van der Waals surface area contributed by atoms with Crippen molar-refractivity contribution in [3.63, 3.8) is 0 Å². The summed E-state index contributed by atoms with van der Waals surface area (Å²) in [6, 6.07) is 0. The van der Waals surface area contributed by atoms with E-state index in [0.717, 1.165) is 6.42 Å². The lowest BCUT2D eigenvalue weighted by molar-refractivity contribution is -0.888. The molecule has 1 N–H and O–H groups in total. The van der Waals surface area contributed by atoms with Gasteiger partial charge >= 0.3 is 0 Å². The molecule has 0 spiro atoms. The summed E-state index contributed by atoms with van der Waals surface area (Å²) in [4.78, 5) is 0. The smallest absolute Gasteiger partial charge is 0.0782 e. The highest BCUT2D eigenvalue weighted by Crippen LogP contribution is 2.13. The molecule has 0 aromatic heterocycles. The van der Waals surface area contributed by atoms with E-state index in [-0.39, 0.29) is 0 Å². The highest BCUT2D eigenvalue weighted by molar-refractivity contribution is 4.49. The summed E-state index contributed by atoms with van der Waals surface area (Å²) in [5, 5.41) is 8.70. The second-order valence-corrected chi connectivity index (χ2v) is 7.65. The zero-order valence-corrected chi connectivity index (χ0v) is 15.9. The van der Waals surface area contributed by atoms with Crippen LogP contribution in [0.5, 0.6) is 0 Å². The van der Waals surface area contributed by atoms with Crippen molar-refractivity contribution < 1.29 is 9.59 Å². The summed E-state index contributed by atoms with van der Waals surface area (Å²) < 4.78 is 1.18. The molecule has 0 rings (SSSR count). The molecule has 0 atom stereocenters. The lowest BCUT2D eigenvalue weighted by Gasteiger charge is -2.28. The Bertz CT molecular complexity index is 216. The quantitative estimate of drug-likeness (QED) is 0.276. The molecule has 0 aromatic rings. The van der Waals surface area contributed by atoms with Crippen LogP contribution in [-0.2, 0) is 0 Å². The average Bonchev–Trinajstić information content (AvgIpc) is 2.51. The maximum absolute atomic E-state index is 8.70. The van der Waals surface area contributed by atoms with Crippen LogP contribution >= 0.6 is 0 Å². The Morgan fingerprint density at radius 2 is 0.864 bits per heavy atom. The number of nitrogens with zero attached hydrogens (tertiary/aromatic N) is 1. The summed E-state index contributed by atoms with van der Waals surface area (Å²) in [6.07, 6.45) is 19.2. The van der Waals surface area contributed by atoms with E-state index in [4.69, 9.17) is 5.11 Å². The number of aliphatic hydroxyl groups is 1. The van der Waals surface area contributed by atoms with E-state index in [1.165, 1.54) is 101 Å². The third kappa shape index (κ3) is 16.3. The van der Waals surface area contributed by atoms with Crippen LogP contribution in [0, 0.1) is 0 Å². The van der Waals surface area contributed by atoms with E-state index < -0.39 is 0 Å². The van der Waals surface area contributed by atoms with Crippen molar-refractivity contribution in [2.75, 3.05) is 33.8 Å². The van der Waals surface area contributed by atoms with Gasteiger partial charge in [-0.3, -0.25) is 0 Å². The normalized spacial score (nSPS) is 12.0. The molecule has 0 amide bonds. The molecule has 134 valence electrons. The second kappa shape index (κ2) is 15.8. The van der Waals surface area contributed by atoms with E-state index in [0.29, 0.717) is 6.61 Å². The van der Waals surface area contributed by atoms with Crippen LogP contribution in [0.25, 0.3) is 0 Å². The van der Waals surface area contributed by atoms with Crippen molar-refractivity contribution in [2.45, 2.75) is 96.8 Å². The standard InChI is InChI=1S/C20H44NO/c1-4-21(2,3)19-17-15-13-11-9-7-5-6-8-10-12-14-16-18-20-22/h22H,4-20H2,1-3H3/q+1. The maximum Gasteiger partial charge on any atom is 0.0782 e. The number of rotatable bonds is 17. The fraction of sp³-hybridized carbons (Fsp3) is 1.00. The van der Waals surface area contributed by atoms with Crippen LogP contribution in [0.2, 0.25) is 0 Å². The van der Waals surface area contributed by atoms with E-state index in [2.05, 4.69) is 21.0 Å². The molecule has 22 heavy (non-hydrogen) atoms. The van der Waals surface area contributed by atoms with Gasteiger partial charge in [0.15, 0.2) is 0 Å². The Labute approximate surface area is 140 Å². The number of hydrogen-bond acceptors (Lipinski definition) is 1. The molecule has 0 saturated carbocycles. The summed E-state index contributed by atoms with van der Waals surface area (Å²) in [5.41, 5.74) is 0.